The second kappa shape index (κ2) is 7.23. The molecule has 6 nitrogen and oxygen atoms in total. The molecule has 1 fully saturated rings. The number of carbonyl (C=O) groups excluding carboxylic acids is 1. The fourth-order valence-corrected chi connectivity index (χ4v) is 2.88. The first kappa shape index (κ1) is 18.9. The summed E-state index contributed by atoms with van der Waals surface area (Å²) in [5.74, 6) is -2.76. The fraction of sp³-hybridized carbons (Fsp3) is 0.467. The average Bonchev–Trinajstić information content (AvgIpc) is 2.56. The average molecular weight is 380 g/mol. The van der Waals surface area contributed by atoms with Gasteiger partial charge in [-0.3, -0.25) is 4.79 Å². The van der Waals surface area contributed by atoms with Crippen LogP contribution in [-0.2, 0) is 19.1 Å². The molecular weight excluding hydrogens is 364 g/mol. The molecule has 2 atom stereocenters. The van der Waals surface area contributed by atoms with E-state index in [2.05, 4.69) is 0 Å². The van der Waals surface area contributed by atoms with Crippen LogP contribution in [0.4, 0.5) is 4.39 Å². The van der Waals surface area contributed by atoms with Crippen molar-refractivity contribution in [2.24, 2.45) is 0 Å². The lowest BCUT2D eigenvalue weighted by Gasteiger charge is -2.37. The molecule has 1 N–H and O–H groups in total. The number of carbonyl (C=O) groups is 2. The molecule has 132 valence electrons. The number of nitrogens with zero attached hydrogens (tertiary/aromatic N) is 1. The van der Waals surface area contributed by atoms with Crippen LogP contribution < -0.4 is 0 Å². The molecule has 0 aliphatic carbocycles. The van der Waals surface area contributed by atoms with E-state index in [0.29, 0.717) is 5.56 Å². The third-order valence-corrected chi connectivity index (χ3v) is 4.58. The summed E-state index contributed by atoms with van der Waals surface area (Å²) in [6.45, 7) is 1.54. The highest BCUT2D eigenvalue weighted by atomic mass is 35.5. The third-order valence-electron chi connectivity index (χ3n) is 3.96. The van der Waals surface area contributed by atoms with Gasteiger partial charge in [-0.05, 0) is 19.1 Å². The predicted octanol–water partition coefficient (Wildman–Crippen LogP) is 2.52. The SMILES string of the molecule is COC(C)(C(=O)O)C(=O)N1CCOC(c2cc(F)c(Cl)cc2Cl)C1. The van der Waals surface area contributed by atoms with Gasteiger partial charge in [-0.15, -0.1) is 0 Å². The van der Waals surface area contributed by atoms with Crippen LogP contribution in [0.3, 0.4) is 0 Å². The smallest absolute Gasteiger partial charge is 0.345 e. The largest absolute Gasteiger partial charge is 0.479 e. The Morgan fingerprint density at radius 3 is 2.67 bits per heavy atom. The summed E-state index contributed by atoms with van der Waals surface area (Å²) in [4.78, 5) is 25.1. The molecule has 1 heterocycles. The highest BCUT2D eigenvalue weighted by Crippen LogP contribution is 2.33. The molecule has 1 amide bonds. The van der Waals surface area contributed by atoms with Crippen molar-refractivity contribution in [3.05, 3.63) is 33.6 Å². The number of carboxylic acid groups (broad SMARTS) is 1. The lowest BCUT2D eigenvalue weighted by atomic mass is 10.0. The van der Waals surface area contributed by atoms with Crippen LogP contribution in [0.5, 0.6) is 0 Å². The van der Waals surface area contributed by atoms with E-state index >= 15 is 0 Å². The Balaban J connectivity index is 2.25. The van der Waals surface area contributed by atoms with E-state index in [9.17, 15) is 19.1 Å². The number of hydrogen-bond acceptors (Lipinski definition) is 4. The summed E-state index contributed by atoms with van der Waals surface area (Å²) in [6.07, 6.45) is -0.697. The van der Waals surface area contributed by atoms with Gasteiger partial charge in [0.05, 0.1) is 18.2 Å². The second-order valence-corrected chi connectivity index (χ2v) is 6.26. The van der Waals surface area contributed by atoms with Crippen LogP contribution in [0.15, 0.2) is 12.1 Å². The van der Waals surface area contributed by atoms with Crippen molar-refractivity contribution in [3.8, 4) is 0 Å². The lowest BCUT2D eigenvalue weighted by Crippen LogP contribution is -2.56. The maximum absolute atomic E-state index is 13.7. The minimum absolute atomic E-state index is 0.0197. The van der Waals surface area contributed by atoms with E-state index in [1.165, 1.54) is 17.9 Å². The fourth-order valence-electron chi connectivity index (χ4n) is 2.37. The Morgan fingerprint density at radius 2 is 2.08 bits per heavy atom. The quantitative estimate of drug-likeness (QED) is 0.642. The maximum atomic E-state index is 13.7. The number of hydrogen-bond donors (Lipinski definition) is 1. The van der Waals surface area contributed by atoms with Gasteiger partial charge in [0.2, 0.25) is 5.60 Å². The summed E-state index contributed by atoms with van der Waals surface area (Å²) in [6, 6.07) is 2.41. The molecule has 1 saturated heterocycles. The minimum atomic E-state index is -2.00. The van der Waals surface area contributed by atoms with Gasteiger partial charge >= 0.3 is 5.97 Å². The Bertz CT molecular complexity index is 672. The van der Waals surface area contributed by atoms with E-state index in [1.807, 2.05) is 0 Å². The van der Waals surface area contributed by atoms with Gasteiger partial charge in [-0.25, -0.2) is 9.18 Å². The molecule has 0 aromatic heterocycles. The van der Waals surface area contributed by atoms with E-state index in [1.54, 1.807) is 0 Å². The molecule has 1 aromatic rings. The molecular formula is C15H16Cl2FNO5. The predicted molar refractivity (Wildman–Crippen MR) is 84.7 cm³/mol. The van der Waals surface area contributed by atoms with E-state index in [-0.39, 0.29) is 29.7 Å². The lowest BCUT2D eigenvalue weighted by molar-refractivity contribution is -0.177. The van der Waals surface area contributed by atoms with Crippen LogP contribution in [0.1, 0.15) is 18.6 Å². The molecule has 1 aliphatic rings. The van der Waals surface area contributed by atoms with Crippen molar-refractivity contribution in [3.63, 3.8) is 0 Å². The Kier molecular flexibility index (Phi) is 5.70. The van der Waals surface area contributed by atoms with Gasteiger partial charge in [-0.1, -0.05) is 23.2 Å². The number of carboxylic acids is 1. The maximum Gasteiger partial charge on any atom is 0.345 e. The minimum Gasteiger partial charge on any atom is -0.479 e. The number of benzene rings is 1. The molecule has 24 heavy (non-hydrogen) atoms. The zero-order chi connectivity index (χ0) is 18.1. The monoisotopic (exact) mass is 379 g/mol. The summed E-state index contributed by atoms with van der Waals surface area (Å²) in [5.41, 5.74) is -1.66. The molecule has 0 saturated carbocycles. The molecule has 0 radical (unpaired) electrons. The van der Waals surface area contributed by atoms with Gasteiger partial charge in [0.15, 0.2) is 0 Å². The van der Waals surface area contributed by atoms with Crippen molar-refractivity contribution in [2.75, 3.05) is 26.8 Å². The van der Waals surface area contributed by atoms with E-state index in [4.69, 9.17) is 32.7 Å². The number of rotatable bonds is 4. The molecule has 1 aliphatic heterocycles. The first-order chi connectivity index (χ1) is 11.2. The van der Waals surface area contributed by atoms with Crippen LogP contribution >= 0.6 is 23.2 Å². The van der Waals surface area contributed by atoms with Gasteiger partial charge < -0.3 is 19.5 Å². The summed E-state index contributed by atoms with van der Waals surface area (Å²) in [5, 5.41) is 9.32. The zero-order valence-electron chi connectivity index (χ0n) is 13.0. The van der Waals surface area contributed by atoms with Crippen molar-refractivity contribution >= 4 is 35.1 Å². The highest BCUT2D eigenvalue weighted by Gasteiger charge is 2.45. The Hall–Kier alpha value is -1.41. The summed E-state index contributed by atoms with van der Waals surface area (Å²) in [7, 11) is 1.15. The molecule has 1 aromatic carbocycles. The summed E-state index contributed by atoms with van der Waals surface area (Å²) >= 11 is 11.7. The van der Waals surface area contributed by atoms with Crippen molar-refractivity contribution in [1.29, 1.82) is 0 Å². The number of amides is 1. The van der Waals surface area contributed by atoms with Crippen molar-refractivity contribution in [2.45, 2.75) is 18.6 Å². The van der Waals surface area contributed by atoms with Gasteiger partial charge in [0, 0.05) is 24.2 Å². The first-order valence-corrected chi connectivity index (χ1v) is 7.80. The van der Waals surface area contributed by atoms with Crippen LogP contribution in [-0.4, -0.2) is 54.3 Å². The molecule has 0 spiro atoms. The van der Waals surface area contributed by atoms with Crippen molar-refractivity contribution < 1.29 is 28.6 Å². The second-order valence-electron chi connectivity index (χ2n) is 5.44. The van der Waals surface area contributed by atoms with E-state index < -0.39 is 29.4 Å². The number of halogens is 3. The van der Waals surface area contributed by atoms with Gasteiger partial charge in [0.1, 0.15) is 11.9 Å². The van der Waals surface area contributed by atoms with Crippen LogP contribution in [0.2, 0.25) is 10.0 Å². The topological polar surface area (TPSA) is 76.1 Å². The number of aliphatic carboxylic acids is 1. The number of methoxy groups -OCH3 is 1. The zero-order valence-corrected chi connectivity index (χ0v) is 14.5. The molecule has 0 bridgehead atoms. The van der Waals surface area contributed by atoms with E-state index in [0.717, 1.165) is 13.2 Å². The van der Waals surface area contributed by atoms with Gasteiger partial charge in [0.25, 0.3) is 5.91 Å². The standard InChI is InChI=1S/C15H16Cl2FNO5/c1-15(23-2,14(21)22)13(20)19-3-4-24-12(7-19)8-5-11(18)10(17)6-9(8)16/h5-6,12H,3-4,7H2,1-2H3,(H,21,22). The number of ether oxygens (including phenoxy) is 2. The normalized spacial score (nSPS) is 20.5. The third kappa shape index (κ3) is 3.49. The molecule has 2 unspecified atom stereocenters. The van der Waals surface area contributed by atoms with Crippen LogP contribution in [0, 0.1) is 5.82 Å². The van der Waals surface area contributed by atoms with Gasteiger partial charge in [-0.2, -0.15) is 0 Å². The highest BCUT2D eigenvalue weighted by molar-refractivity contribution is 6.35. The molecule has 9 heteroatoms. The summed E-state index contributed by atoms with van der Waals surface area (Å²) < 4.78 is 24.1. The number of morpholine rings is 1. The van der Waals surface area contributed by atoms with Crippen molar-refractivity contribution in [1.82, 2.24) is 4.90 Å². The Morgan fingerprint density at radius 1 is 1.42 bits per heavy atom. The molecule has 2 rings (SSSR count). The first-order valence-electron chi connectivity index (χ1n) is 7.04. The Labute approximate surface area is 148 Å². The van der Waals surface area contributed by atoms with Crippen LogP contribution in [0.25, 0.3) is 0 Å².